The van der Waals surface area contributed by atoms with Gasteiger partial charge in [-0.15, -0.1) is 0 Å². The summed E-state index contributed by atoms with van der Waals surface area (Å²) in [6, 6.07) is 6.73. The van der Waals surface area contributed by atoms with Crippen molar-refractivity contribution in [2.24, 2.45) is 0 Å². The predicted molar refractivity (Wildman–Crippen MR) is 90.9 cm³/mol. The molecule has 0 bridgehead atoms. The van der Waals surface area contributed by atoms with Crippen molar-refractivity contribution in [2.75, 3.05) is 19.4 Å². The second-order valence-electron chi connectivity index (χ2n) is 5.38. The Morgan fingerprint density at radius 3 is 2.32 bits per heavy atom. The van der Waals surface area contributed by atoms with E-state index in [0.29, 0.717) is 5.56 Å². The van der Waals surface area contributed by atoms with E-state index in [1.165, 1.54) is 44.4 Å². The molecule has 1 heterocycles. The molecule has 0 spiro atoms. The highest BCUT2D eigenvalue weighted by atomic mass is 32.2. The summed E-state index contributed by atoms with van der Waals surface area (Å²) in [6.07, 6.45) is 1.05. The van der Waals surface area contributed by atoms with Crippen LogP contribution in [0.4, 0.5) is 11.5 Å². The summed E-state index contributed by atoms with van der Waals surface area (Å²) < 4.78 is 25.1. The van der Waals surface area contributed by atoms with Crippen LogP contribution < -0.4 is 5.32 Å². The molecule has 0 aliphatic heterocycles. The van der Waals surface area contributed by atoms with Crippen molar-refractivity contribution in [2.45, 2.75) is 11.8 Å². The van der Waals surface area contributed by atoms with Crippen molar-refractivity contribution >= 4 is 27.4 Å². The first-order valence-electron chi connectivity index (χ1n) is 7.08. The van der Waals surface area contributed by atoms with E-state index in [0.717, 1.165) is 10.5 Å². The number of amides is 1. The molecular weight excluding hydrogens is 348 g/mol. The molecule has 0 atom stereocenters. The first-order valence-corrected chi connectivity index (χ1v) is 8.52. The van der Waals surface area contributed by atoms with Gasteiger partial charge in [0.2, 0.25) is 10.0 Å². The van der Waals surface area contributed by atoms with E-state index in [1.54, 1.807) is 6.92 Å². The Morgan fingerprint density at radius 2 is 1.84 bits per heavy atom. The second-order valence-corrected chi connectivity index (χ2v) is 7.53. The Hall–Kier alpha value is -2.85. The molecule has 1 N–H and O–H groups in total. The molecule has 25 heavy (non-hydrogen) atoms. The van der Waals surface area contributed by atoms with Gasteiger partial charge in [-0.1, -0.05) is 0 Å². The van der Waals surface area contributed by atoms with Crippen LogP contribution in [0.2, 0.25) is 0 Å². The highest BCUT2D eigenvalue weighted by Gasteiger charge is 2.18. The van der Waals surface area contributed by atoms with Crippen molar-refractivity contribution in [3.8, 4) is 0 Å². The number of aryl methyl sites for hydroxylation is 1. The van der Waals surface area contributed by atoms with E-state index < -0.39 is 20.9 Å². The van der Waals surface area contributed by atoms with Crippen LogP contribution in [-0.2, 0) is 10.0 Å². The van der Waals surface area contributed by atoms with Gasteiger partial charge in [0.15, 0.2) is 0 Å². The number of sulfonamides is 1. The highest BCUT2D eigenvalue weighted by Crippen LogP contribution is 2.19. The molecule has 1 aromatic carbocycles. The molecule has 9 nitrogen and oxygen atoms in total. The number of carbonyl (C=O) groups excluding carboxylic acids is 1. The third kappa shape index (κ3) is 3.98. The number of rotatable bonds is 5. The van der Waals surface area contributed by atoms with Gasteiger partial charge in [0.05, 0.1) is 9.82 Å². The lowest BCUT2D eigenvalue weighted by atomic mass is 10.2. The summed E-state index contributed by atoms with van der Waals surface area (Å²) in [5.41, 5.74) is 0.500. The first-order chi connectivity index (χ1) is 11.6. The average molecular weight is 364 g/mol. The summed E-state index contributed by atoms with van der Waals surface area (Å²) >= 11 is 0. The molecular formula is C15H16N4O5S. The van der Waals surface area contributed by atoms with Crippen molar-refractivity contribution in [3.05, 3.63) is 57.8 Å². The van der Waals surface area contributed by atoms with Crippen molar-refractivity contribution in [3.63, 3.8) is 0 Å². The third-order valence-electron chi connectivity index (χ3n) is 3.40. The standard InChI is InChI=1S/C15H16N4O5S/c1-10-8-12(19(21)22)9-16-14(10)17-15(20)11-4-6-13(7-5-11)25(23,24)18(2)3/h4-9H,1-3H3,(H,16,17,20). The van der Waals surface area contributed by atoms with Crippen LogP contribution in [0, 0.1) is 17.0 Å². The van der Waals surface area contributed by atoms with Crippen LogP contribution >= 0.6 is 0 Å². The summed E-state index contributed by atoms with van der Waals surface area (Å²) in [5, 5.41) is 13.2. The van der Waals surface area contributed by atoms with Gasteiger partial charge in [0.25, 0.3) is 11.6 Å². The summed E-state index contributed by atoms with van der Waals surface area (Å²) in [5.74, 6) is -0.307. The van der Waals surface area contributed by atoms with Crippen LogP contribution in [0.5, 0.6) is 0 Å². The minimum atomic E-state index is -3.57. The monoisotopic (exact) mass is 364 g/mol. The Balaban J connectivity index is 2.21. The Bertz CT molecular complexity index is 923. The van der Waals surface area contributed by atoms with Gasteiger partial charge in [-0.3, -0.25) is 14.9 Å². The fraction of sp³-hybridized carbons (Fsp3) is 0.200. The molecule has 0 radical (unpaired) electrons. The number of hydrogen-bond donors (Lipinski definition) is 1. The number of nitrogens with zero attached hydrogens (tertiary/aromatic N) is 3. The summed E-state index contributed by atoms with van der Waals surface area (Å²) in [4.78, 5) is 26.3. The number of hydrogen-bond acceptors (Lipinski definition) is 6. The zero-order valence-electron chi connectivity index (χ0n) is 13.8. The molecule has 2 aromatic rings. The number of carbonyl (C=O) groups is 1. The van der Waals surface area contributed by atoms with Gasteiger partial charge in [0, 0.05) is 25.7 Å². The van der Waals surface area contributed by atoms with E-state index in [1.807, 2.05) is 0 Å². The maximum atomic E-state index is 12.2. The molecule has 0 fully saturated rings. The number of pyridine rings is 1. The molecule has 2 rings (SSSR count). The topological polar surface area (TPSA) is 123 Å². The van der Waals surface area contributed by atoms with Crippen LogP contribution in [0.25, 0.3) is 0 Å². The van der Waals surface area contributed by atoms with E-state index >= 15 is 0 Å². The summed E-state index contributed by atoms with van der Waals surface area (Å²) in [6.45, 7) is 1.59. The molecule has 0 saturated carbocycles. The van der Waals surface area contributed by atoms with Crippen LogP contribution in [0.15, 0.2) is 41.4 Å². The number of anilines is 1. The minimum Gasteiger partial charge on any atom is -0.306 e. The van der Waals surface area contributed by atoms with Gasteiger partial charge in [0.1, 0.15) is 12.0 Å². The van der Waals surface area contributed by atoms with Crippen LogP contribution in [0.3, 0.4) is 0 Å². The quantitative estimate of drug-likeness (QED) is 0.637. The lowest BCUT2D eigenvalue weighted by Crippen LogP contribution is -2.22. The first kappa shape index (κ1) is 18.5. The Labute approximate surface area is 144 Å². The van der Waals surface area contributed by atoms with Gasteiger partial charge in [-0.25, -0.2) is 17.7 Å². The molecule has 0 saturated heterocycles. The van der Waals surface area contributed by atoms with E-state index in [-0.39, 0.29) is 22.0 Å². The lowest BCUT2D eigenvalue weighted by molar-refractivity contribution is -0.385. The van der Waals surface area contributed by atoms with Gasteiger partial charge >= 0.3 is 0 Å². The van der Waals surface area contributed by atoms with Crippen molar-refractivity contribution in [1.29, 1.82) is 0 Å². The van der Waals surface area contributed by atoms with Crippen molar-refractivity contribution < 1.29 is 18.1 Å². The van der Waals surface area contributed by atoms with Crippen LogP contribution in [0.1, 0.15) is 15.9 Å². The van der Waals surface area contributed by atoms with E-state index in [2.05, 4.69) is 10.3 Å². The van der Waals surface area contributed by atoms with Crippen LogP contribution in [-0.4, -0.2) is 42.6 Å². The molecule has 0 unspecified atom stereocenters. The fourth-order valence-corrected chi connectivity index (χ4v) is 2.86. The Kier molecular flexibility index (Phi) is 5.14. The maximum Gasteiger partial charge on any atom is 0.287 e. The van der Waals surface area contributed by atoms with E-state index in [9.17, 15) is 23.3 Å². The van der Waals surface area contributed by atoms with Gasteiger partial charge in [-0.2, -0.15) is 0 Å². The number of benzene rings is 1. The smallest absolute Gasteiger partial charge is 0.287 e. The number of aromatic nitrogens is 1. The molecule has 0 aliphatic carbocycles. The minimum absolute atomic E-state index is 0.0682. The normalized spacial score (nSPS) is 11.4. The molecule has 132 valence electrons. The summed E-state index contributed by atoms with van der Waals surface area (Å²) in [7, 11) is -0.741. The zero-order chi connectivity index (χ0) is 18.8. The molecule has 1 aromatic heterocycles. The molecule has 10 heteroatoms. The number of nitro groups is 1. The zero-order valence-corrected chi connectivity index (χ0v) is 14.6. The lowest BCUT2D eigenvalue weighted by Gasteiger charge is -2.12. The largest absolute Gasteiger partial charge is 0.306 e. The SMILES string of the molecule is Cc1cc([N+](=O)[O-])cnc1NC(=O)c1ccc(S(=O)(=O)N(C)C)cc1. The fourth-order valence-electron chi connectivity index (χ4n) is 1.96. The second kappa shape index (κ2) is 6.95. The highest BCUT2D eigenvalue weighted by molar-refractivity contribution is 7.89. The third-order valence-corrected chi connectivity index (χ3v) is 5.23. The maximum absolute atomic E-state index is 12.2. The number of nitrogens with one attached hydrogen (secondary N) is 1. The Morgan fingerprint density at radius 1 is 1.24 bits per heavy atom. The van der Waals surface area contributed by atoms with Gasteiger partial charge < -0.3 is 5.32 Å². The van der Waals surface area contributed by atoms with Crippen molar-refractivity contribution in [1.82, 2.24) is 9.29 Å². The van der Waals surface area contributed by atoms with Gasteiger partial charge in [-0.05, 0) is 36.8 Å². The average Bonchev–Trinajstić information content (AvgIpc) is 2.56. The predicted octanol–water partition coefficient (Wildman–Crippen LogP) is 1.80. The molecule has 0 aliphatic rings. The van der Waals surface area contributed by atoms with E-state index in [4.69, 9.17) is 0 Å². The molecule has 1 amide bonds.